The fourth-order valence-electron chi connectivity index (χ4n) is 3.55. The molecule has 1 aliphatic rings. The zero-order chi connectivity index (χ0) is 14.0. The van der Waals surface area contributed by atoms with E-state index in [1.54, 1.807) is 0 Å². The number of rotatable bonds is 2. The van der Waals surface area contributed by atoms with Crippen molar-refractivity contribution in [3.05, 3.63) is 65.2 Å². The molecule has 0 amide bonds. The highest BCUT2D eigenvalue weighted by Gasteiger charge is 2.35. The van der Waals surface area contributed by atoms with Crippen molar-refractivity contribution in [2.45, 2.75) is 44.4 Å². The maximum Gasteiger partial charge on any atom is 0.115 e. The number of aryl methyl sites for hydroxylation is 1. The first-order chi connectivity index (χ1) is 9.71. The van der Waals surface area contributed by atoms with Gasteiger partial charge in [-0.2, -0.15) is 0 Å². The van der Waals surface area contributed by atoms with Crippen LogP contribution >= 0.6 is 0 Å². The largest absolute Gasteiger partial charge is 0.508 e. The van der Waals surface area contributed by atoms with Crippen LogP contribution in [0.1, 0.15) is 48.8 Å². The smallest absolute Gasteiger partial charge is 0.115 e. The Morgan fingerprint density at radius 3 is 1.80 bits per heavy atom. The average Bonchev–Trinajstić information content (AvgIpc) is 2.49. The third kappa shape index (κ3) is 2.33. The van der Waals surface area contributed by atoms with E-state index in [0.29, 0.717) is 5.75 Å². The van der Waals surface area contributed by atoms with Crippen LogP contribution in [0.2, 0.25) is 0 Å². The molecule has 2 aromatic rings. The van der Waals surface area contributed by atoms with Crippen molar-refractivity contribution in [1.29, 1.82) is 0 Å². The summed E-state index contributed by atoms with van der Waals surface area (Å²) in [5, 5.41) is 9.55. The van der Waals surface area contributed by atoms with Gasteiger partial charge in [-0.05, 0) is 43.0 Å². The van der Waals surface area contributed by atoms with E-state index < -0.39 is 0 Å². The molecule has 0 spiro atoms. The molecule has 0 aromatic heterocycles. The summed E-state index contributed by atoms with van der Waals surface area (Å²) in [6.45, 7) is 2.14. The van der Waals surface area contributed by atoms with Crippen molar-refractivity contribution in [2.75, 3.05) is 0 Å². The molecule has 0 radical (unpaired) electrons. The lowest BCUT2D eigenvalue weighted by Crippen LogP contribution is -2.30. The van der Waals surface area contributed by atoms with E-state index in [-0.39, 0.29) is 5.41 Å². The molecule has 1 fully saturated rings. The standard InChI is InChI=1S/C19H22O/c1-15-5-7-16(8-6-15)19(13-3-2-4-14-19)17-9-11-18(20)12-10-17/h5-12,20H,2-4,13-14H2,1H3. The van der Waals surface area contributed by atoms with Gasteiger partial charge >= 0.3 is 0 Å². The van der Waals surface area contributed by atoms with Crippen LogP contribution < -0.4 is 0 Å². The fourth-order valence-corrected chi connectivity index (χ4v) is 3.55. The Morgan fingerprint density at radius 1 is 0.750 bits per heavy atom. The molecule has 1 aliphatic carbocycles. The van der Waals surface area contributed by atoms with Gasteiger partial charge in [0.25, 0.3) is 0 Å². The molecule has 20 heavy (non-hydrogen) atoms. The predicted molar refractivity (Wildman–Crippen MR) is 83.2 cm³/mol. The molecule has 1 saturated carbocycles. The molecule has 0 unspecified atom stereocenters. The summed E-state index contributed by atoms with van der Waals surface area (Å²) >= 11 is 0. The molecule has 0 aliphatic heterocycles. The second-order valence-corrected chi connectivity index (χ2v) is 6.06. The lowest BCUT2D eigenvalue weighted by molar-refractivity contribution is 0.345. The highest BCUT2D eigenvalue weighted by atomic mass is 16.3. The number of aromatic hydroxyl groups is 1. The lowest BCUT2D eigenvalue weighted by Gasteiger charge is -2.38. The quantitative estimate of drug-likeness (QED) is 0.815. The highest BCUT2D eigenvalue weighted by Crippen LogP contribution is 2.45. The Bertz CT molecular complexity index is 512. The molecule has 1 N–H and O–H groups in total. The van der Waals surface area contributed by atoms with Crippen LogP contribution in [-0.2, 0) is 5.41 Å². The molecule has 1 heteroatoms. The molecule has 3 rings (SSSR count). The highest BCUT2D eigenvalue weighted by molar-refractivity contribution is 5.42. The van der Waals surface area contributed by atoms with E-state index in [9.17, 15) is 5.11 Å². The Hall–Kier alpha value is -1.76. The molecule has 0 atom stereocenters. The molecule has 104 valence electrons. The number of hydrogen-bond acceptors (Lipinski definition) is 1. The molecular weight excluding hydrogens is 244 g/mol. The SMILES string of the molecule is Cc1ccc(C2(c3ccc(O)cc3)CCCCC2)cc1. The number of hydrogen-bond donors (Lipinski definition) is 1. The summed E-state index contributed by atoms with van der Waals surface area (Å²) in [6, 6.07) is 16.8. The van der Waals surface area contributed by atoms with Gasteiger partial charge in [0, 0.05) is 5.41 Å². The maximum absolute atomic E-state index is 9.55. The van der Waals surface area contributed by atoms with Crippen LogP contribution in [0.25, 0.3) is 0 Å². The van der Waals surface area contributed by atoms with Gasteiger partial charge in [0.15, 0.2) is 0 Å². The second kappa shape index (κ2) is 5.32. The zero-order valence-corrected chi connectivity index (χ0v) is 12.1. The van der Waals surface area contributed by atoms with Gasteiger partial charge < -0.3 is 5.11 Å². The minimum Gasteiger partial charge on any atom is -0.508 e. The first kappa shape index (κ1) is 13.2. The van der Waals surface area contributed by atoms with Crippen LogP contribution in [0.5, 0.6) is 5.75 Å². The van der Waals surface area contributed by atoms with Crippen molar-refractivity contribution < 1.29 is 5.11 Å². The predicted octanol–water partition coefficient (Wildman–Crippen LogP) is 4.95. The zero-order valence-electron chi connectivity index (χ0n) is 12.1. The fraction of sp³-hybridized carbons (Fsp3) is 0.368. The van der Waals surface area contributed by atoms with Crippen molar-refractivity contribution in [3.8, 4) is 5.75 Å². The van der Waals surface area contributed by atoms with Crippen molar-refractivity contribution in [1.82, 2.24) is 0 Å². The summed E-state index contributed by atoms with van der Waals surface area (Å²) in [6.07, 6.45) is 6.33. The minimum absolute atomic E-state index is 0.139. The van der Waals surface area contributed by atoms with Gasteiger partial charge in [-0.1, -0.05) is 61.2 Å². The van der Waals surface area contributed by atoms with Gasteiger partial charge in [-0.15, -0.1) is 0 Å². The Balaban J connectivity index is 2.08. The van der Waals surface area contributed by atoms with Crippen LogP contribution in [0.3, 0.4) is 0 Å². The van der Waals surface area contributed by atoms with Gasteiger partial charge in [0.05, 0.1) is 0 Å². The molecule has 0 saturated heterocycles. The summed E-state index contributed by atoms with van der Waals surface area (Å²) in [4.78, 5) is 0. The van der Waals surface area contributed by atoms with Gasteiger partial charge in [0.1, 0.15) is 5.75 Å². The lowest BCUT2D eigenvalue weighted by atomic mass is 9.65. The van der Waals surface area contributed by atoms with E-state index in [2.05, 4.69) is 43.3 Å². The second-order valence-electron chi connectivity index (χ2n) is 6.06. The molecule has 2 aromatic carbocycles. The number of phenolic OH excluding ortho intramolecular Hbond substituents is 1. The van der Waals surface area contributed by atoms with E-state index in [0.717, 1.165) is 0 Å². The van der Waals surface area contributed by atoms with Crippen LogP contribution in [-0.4, -0.2) is 5.11 Å². The monoisotopic (exact) mass is 266 g/mol. The summed E-state index contributed by atoms with van der Waals surface area (Å²) in [5.41, 5.74) is 4.22. The van der Waals surface area contributed by atoms with Crippen LogP contribution in [0.4, 0.5) is 0 Å². The third-order valence-electron chi connectivity index (χ3n) is 4.73. The first-order valence-electron chi connectivity index (χ1n) is 7.57. The summed E-state index contributed by atoms with van der Waals surface area (Å²) < 4.78 is 0. The van der Waals surface area contributed by atoms with Gasteiger partial charge in [0.2, 0.25) is 0 Å². The Morgan fingerprint density at radius 2 is 1.25 bits per heavy atom. The van der Waals surface area contributed by atoms with Gasteiger partial charge in [-0.3, -0.25) is 0 Å². The third-order valence-corrected chi connectivity index (χ3v) is 4.73. The molecule has 0 bridgehead atoms. The van der Waals surface area contributed by atoms with E-state index in [4.69, 9.17) is 0 Å². The molecule has 0 heterocycles. The minimum atomic E-state index is 0.139. The van der Waals surface area contributed by atoms with Crippen molar-refractivity contribution >= 4 is 0 Å². The Labute approximate surface area is 121 Å². The summed E-state index contributed by atoms with van der Waals surface area (Å²) in [7, 11) is 0. The molecule has 1 nitrogen and oxygen atoms in total. The van der Waals surface area contributed by atoms with Crippen LogP contribution in [0.15, 0.2) is 48.5 Å². The van der Waals surface area contributed by atoms with E-state index in [1.165, 1.54) is 48.8 Å². The molecular formula is C19H22O. The van der Waals surface area contributed by atoms with Gasteiger partial charge in [-0.25, -0.2) is 0 Å². The topological polar surface area (TPSA) is 20.2 Å². The number of benzene rings is 2. The average molecular weight is 266 g/mol. The van der Waals surface area contributed by atoms with Crippen LogP contribution in [0, 0.1) is 6.92 Å². The van der Waals surface area contributed by atoms with E-state index >= 15 is 0 Å². The maximum atomic E-state index is 9.55. The van der Waals surface area contributed by atoms with E-state index in [1.807, 2.05) is 12.1 Å². The van der Waals surface area contributed by atoms with Crippen molar-refractivity contribution in [2.24, 2.45) is 0 Å². The first-order valence-corrected chi connectivity index (χ1v) is 7.57. The summed E-state index contributed by atoms with van der Waals surface area (Å²) in [5.74, 6) is 0.351. The number of phenols is 1. The Kier molecular flexibility index (Phi) is 3.52. The normalized spacial score (nSPS) is 17.9. The van der Waals surface area contributed by atoms with Crippen molar-refractivity contribution in [3.63, 3.8) is 0 Å².